The van der Waals surface area contributed by atoms with Crippen LogP contribution in [-0.2, 0) is 18.3 Å². The van der Waals surface area contributed by atoms with Crippen LogP contribution in [0, 0.1) is 12.8 Å². The summed E-state index contributed by atoms with van der Waals surface area (Å²) in [7, 11) is 1.99. The number of hydrogen-bond acceptors (Lipinski definition) is 5. The number of morpholine rings is 1. The van der Waals surface area contributed by atoms with Gasteiger partial charge in [-0.2, -0.15) is 0 Å². The Kier molecular flexibility index (Phi) is 11.8. The molecule has 1 unspecified atom stereocenters. The fourth-order valence-electron chi connectivity index (χ4n) is 3.74. The number of nitrogens with zero attached hydrogens (tertiary/aromatic N) is 5. The third-order valence-corrected chi connectivity index (χ3v) is 5.83. The normalized spacial score (nSPS) is 16.6. The lowest BCUT2D eigenvalue weighted by molar-refractivity contribution is 0.0376. The van der Waals surface area contributed by atoms with Crippen molar-refractivity contribution in [1.82, 2.24) is 30.3 Å². The quantitative estimate of drug-likeness (QED) is 0.289. The van der Waals surface area contributed by atoms with Gasteiger partial charge in [0.25, 0.3) is 0 Å². The minimum absolute atomic E-state index is 0.531. The highest BCUT2D eigenvalue weighted by Crippen LogP contribution is 2.13. The van der Waals surface area contributed by atoms with E-state index in [-0.39, 0.29) is 0 Å². The summed E-state index contributed by atoms with van der Waals surface area (Å²) in [5, 5.41) is 15.5. The molecule has 2 heterocycles. The molecular formula is C22H43N7O. The maximum absolute atomic E-state index is 5.43. The van der Waals surface area contributed by atoms with Crippen LogP contribution in [0.1, 0.15) is 64.0 Å². The molecule has 0 bridgehead atoms. The zero-order chi connectivity index (χ0) is 21.6. The van der Waals surface area contributed by atoms with Crippen LogP contribution in [0.15, 0.2) is 4.99 Å². The molecule has 0 aromatic carbocycles. The maximum atomic E-state index is 5.43. The molecule has 0 radical (unpaired) electrons. The molecule has 0 spiro atoms. The monoisotopic (exact) mass is 421 g/mol. The first kappa shape index (κ1) is 24.6. The number of unbranched alkanes of at least 4 members (excludes halogenated alkanes) is 1. The average molecular weight is 422 g/mol. The number of nitrogens with one attached hydrogen (secondary N) is 2. The highest BCUT2D eigenvalue weighted by atomic mass is 16.5. The summed E-state index contributed by atoms with van der Waals surface area (Å²) >= 11 is 0. The van der Waals surface area contributed by atoms with Crippen LogP contribution in [0.25, 0.3) is 0 Å². The van der Waals surface area contributed by atoms with Crippen LogP contribution < -0.4 is 10.6 Å². The Hall–Kier alpha value is -1.67. The van der Waals surface area contributed by atoms with E-state index in [1.807, 2.05) is 18.5 Å². The third kappa shape index (κ3) is 9.00. The molecule has 8 heteroatoms. The predicted octanol–water partition coefficient (Wildman–Crippen LogP) is 2.49. The molecule has 1 aromatic rings. The second kappa shape index (κ2) is 14.4. The first-order valence-corrected chi connectivity index (χ1v) is 11.8. The molecule has 1 aromatic heterocycles. The van der Waals surface area contributed by atoms with Gasteiger partial charge in [0.2, 0.25) is 0 Å². The summed E-state index contributed by atoms with van der Waals surface area (Å²) in [6, 6.07) is 0. The van der Waals surface area contributed by atoms with Crippen molar-refractivity contribution < 1.29 is 4.74 Å². The number of aryl methyl sites for hydroxylation is 1. The summed E-state index contributed by atoms with van der Waals surface area (Å²) in [4.78, 5) is 7.27. The van der Waals surface area contributed by atoms with Gasteiger partial charge in [-0.1, -0.05) is 33.1 Å². The maximum Gasteiger partial charge on any atom is 0.191 e. The van der Waals surface area contributed by atoms with E-state index in [1.165, 1.54) is 32.1 Å². The van der Waals surface area contributed by atoms with Gasteiger partial charge in [0, 0.05) is 33.2 Å². The van der Waals surface area contributed by atoms with Gasteiger partial charge >= 0.3 is 0 Å². The van der Waals surface area contributed by atoms with E-state index in [1.54, 1.807) is 0 Å². The molecular weight excluding hydrogens is 378 g/mol. The van der Waals surface area contributed by atoms with Gasteiger partial charge in [-0.3, -0.25) is 4.90 Å². The predicted molar refractivity (Wildman–Crippen MR) is 123 cm³/mol. The summed E-state index contributed by atoms with van der Waals surface area (Å²) in [6.07, 6.45) is 7.42. The lowest BCUT2D eigenvalue weighted by Crippen LogP contribution is -2.42. The molecule has 2 N–H and O–H groups in total. The van der Waals surface area contributed by atoms with E-state index in [0.29, 0.717) is 12.5 Å². The molecule has 0 aliphatic carbocycles. The van der Waals surface area contributed by atoms with Crippen LogP contribution in [0.4, 0.5) is 0 Å². The lowest BCUT2D eigenvalue weighted by atomic mass is 9.97. The molecule has 172 valence electrons. The number of ether oxygens (including phenoxy) is 1. The Morgan fingerprint density at radius 2 is 1.90 bits per heavy atom. The van der Waals surface area contributed by atoms with E-state index in [9.17, 15) is 0 Å². The number of hydrogen-bond donors (Lipinski definition) is 2. The molecule has 1 saturated heterocycles. The van der Waals surface area contributed by atoms with Crippen molar-refractivity contribution in [2.75, 3.05) is 45.9 Å². The summed E-state index contributed by atoms with van der Waals surface area (Å²) in [5.74, 6) is 3.39. The van der Waals surface area contributed by atoms with E-state index in [4.69, 9.17) is 9.73 Å². The Labute approximate surface area is 182 Å². The van der Waals surface area contributed by atoms with Crippen LogP contribution in [0.2, 0.25) is 0 Å². The lowest BCUT2D eigenvalue weighted by Gasteiger charge is -2.26. The molecule has 2 rings (SSSR count). The molecule has 1 atom stereocenters. The summed E-state index contributed by atoms with van der Waals surface area (Å²) < 4.78 is 7.43. The second-order valence-electron chi connectivity index (χ2n) is 8.30. The molecule has 30 heavy (non-hydrogen) atoms. The summed E-state index contributed by atoms with van der Waals surface area (Å²) in [6.45, 7) is 13.8. The second-order valence-corrected chi connectivity index (χ2v) is 8.30. The van der Waals surface area contributed by atoms with Gasteiger partial charge in [0.1, 0.15) is 12.4 Å². The summed E-state index contributed by atoms with van der Waals surface area (Å²) in [5.41, 5.74) is 0. The fourth-order valence-corrected chi connectivity index (χ4v) is 3.74. The Morgan fingerprint density at radius 3 is 2.57 bits per heavy atom. The molecule has 1 aliphatic heterocycles. The van der Waals surface area contributed by atoms with Crippen molar-refractivity contribution in [3.05, 3.63) is 11.6 Å². The fraction of sp³-hybridized carbons (Fsp3) is 0.864. The number of rotatable bonds is 13. The Morgan fingerprint density at radius 1 is 1.10 bits per heavy atom. The van der Waals surface area contributed by atoms with E-state index in [2.05, 4.69) is 39.6 Å². The highest BCUT2D eigenvalue weighted by Gasteiger charge is 2.11. The number of aliphatic imine (C=N–C) groups is 1. The topological polar surface area (TPSA) is 79.6 Å². The van der Waals surface area contributed by atoms with Crippen LogP contribution in [0.5, 0.6) is 0 Å². The van der Waals surface area contributed by atoms with E-state index < -0.39 is 0 Å². The van der Waals surface area contributed by atoms with Crippen molar-refractivity contribution in [3.8, 4) is 0 Å². The number of aromatic nitrogens is 3. The zero-order valence-electron chi connectivity index (χ0n) is 19.6. The van der Waals surface area contributed by atoms with Crippen molar-refractivity contribution in [2.24, 2.45) is 18.0 Å². The van der Waals surface area contributed by atoms with Gasteiger partial charge in [-0.15, -0.1) is 10.2 Å². The van der Waals surface area contributed by atoms with Gasteiger partial charge in [0.15, 0.2) is 11.8 Å². The third-order valence-electron chi connectivity index (χ3n) is 5.83. The van der Waals surface area contributed by atoms with Crippen LogP contribution >= 0.6 is 0 Å². The van der Waals surface area contributed by atoms with Gasteiger partial charge in [-0.25, -0.2) is 4.99 Å². The minimum atomic E-state index is 0.531. The minimum Gasteiger partial charge on any atom is -0.379 e. The van der Waals surface area contributed by atoms with Crippen LogP contribution in [-0.4, -0.2) is 71.6 Å². The standard InChI is InChI=1S/C22H43N7O/c1-5-7-10-20(9-6-2)17-24-22(25-18-21-27-26-19(3)28(21)4)23-11-8-12-29-13-15-30-16-14-29/h20H,5-18H2,1-4H3,(H2,23,24,25). The smallest absolute Gasteiger partial charge is 0.191 e. The van der Waals surface area contributed by atoms with Gasteiger partial charge in [0.05, 0.1) is 13.2 Å². The van der Waals surface area contributed by atoms with E-state index in [0.717, 1.165) is 70.0 Å². The van der Waals surface area contributed by atoms with Crippen molar-refractivity contribution in [3.63, 3.8) is 0 Å². The Bertz CT molecular complexity index is 611. The zero-order valence-corrected chi connectivity index (χ0v) is 19.6. The molecule has 1 fully saturated rings. The van der Waals surface area contributed by atoms with Crippen LogP contribution in [0.3, 0.4) is 0 Å². The number of guanidine groups is 1. The molecule has 0 saturated carbocycles. The van der Waals surface area contributed by atoms with Gasteiger partial charge in [-0.05, 0) is 38.6 Å². The largest absolute Gasteiger partial charge is 0.379 e. The molecule has 1 aliphatic rings. The first-order valence-electron chi connectivity index (χ1n) is 11.8. The molecule has 8 nitrogen and oxygen atoms in total. The van der Waals surface area contributed by atoms with Crippen molar-refractivity contribution in [1.29, 1.82) is 0 Å². The van der Waals surface area contributed by atoms with Crippen molar-refractivity contribution in [2.45, 2.75) is 65.8 Å². The SMILES string of the molecule is CCCCC(CCC)CNC(=NCc1nnc(C)n1C)NCCCN1CCOCC1. The average Bonchev–Trinajstić information content (AvgIpc) is 3.09. The first-order chi connectivity index (χ1) is 14.6. The Balaban J connectivity index is 1.87. The molecule has 0 amide bonds. The van der Waals surface area contributed by atoms with Gasteiger partial charge < -0.3 is 19.9 Å². The van der Waals surface area contributed by atoms with Crippen molar-refractivity contribution >= 4 is 5.96 Å². The highest BCUT2D eigenvalue weighted by molar-refractivity contribution is 5.79. The van der Waals surface area contributed by atoms with E-state index >= 15 is 0 Å².